The van der Waals surface area contributed by atoms with Crippen LogP contribution in [-0.2, 0) is 0 Å². The third kappa shape index (κ3) is 3.89. The van der Waals surface area contributed by atoms with E-state index in [1.807, 2.05) is 36.4 Å². The maximum absolute atomic E-state index is 6.33. The summed E-state index contributed by atoms with van der Waals surface area (Å²) in [5.74, 6) is 0. The van der Waals surface area contributed by atoms with Gasteiger partial charge in [0.05, 0.1) is 6.04 Å². The molecular formula is C16H16Cl3N. The lowest BCUT2D eigenvalue weighted by atomic mass is 9.98. The molecule has 0 bridgehead atoms. The van der Waals surface area contributed by atoms with Crippen LogP contribution in [0.2, 0.25) is 15.1 Å². The van der Waals surface area contributed by atoms with E-state index in [2.05, 4.69) is 12.2 Å². The Hall–Kier alpha value is -0.730. The van der Waals surface area contributed by atoms with E-state index in [0.29, 0.717) is 10.0 Å². The van der Waals surface area contributed by atoms with Crippen LogP contribution in [0.15, 0.2) is 42.5 Å². The van der Waals surface area contributed by atoms with Crippen molar-refractivity contribution in [3.63, 3.8) is 0 Å². The molecule has 0 amide bonds. The molecule has 0 spiro atoms. The topological polar surface area (TPSA) is 12.0 Å². The van der Waals surface area contributed by atoms with Gasteiger partial charge in [-0.25, -0.2) is 0 Å². The molecule has 1 N–H and O–H groups in total. The molecule has 0 aliphatic heterocycles. The molecule has 0 heterocycles. The largest absolute Gasteiger partial charge is 0.306 e. The SMILES string of the molecule is CCCNC(c1ccc(Cl)cc1)c1cc(Cl)ccc1Cl. The van der Waals surface area contributed by atoms with Gasteiger partial charge < -0.3 is 5.32 Å². The average molecular weight is 329 g/mol. The van der Waals surface area contributed by atoms with Crippen molar-refractivity contribution in [1.29, 1.82) is 0 Å². The Bertz CT molecular complexity index is 566. The fraction of sp³-hybridized carbons (Fsp3) is 0.250. The highest BCUT2D eigenvalue weighted by Crippen LogP contribution is 2.31. The lowest BCUT2D eigenvalue weighted by molar-refractivity contribution is 0.599. The van der Waals surface area contributed by atoms with E-state index in [9.17, 15) is 0 Å². The Morgan fingerprint density at radius 3 is 2.25 bits per heavy atom. The molecular weight excluding hydrogens is 313 g/mol. The van der Waals surface area contributed by atoms with Crippen molar-refractivity contribution in [3.05, 3.63) is 68.7 Å². The second-order valence-corrected chi connectivity index (χ2v) is 5.88. The van der Waals surface area contributed by atoms with Crippen LogP contribution in [-0.4, -0.2) is 6.54 Å². The van der Waals surface area contributed by atoms with Crippen LogP contribution in [0.25, 0.3) is 0 Å². The van der Waals surface area contributed by atoms with E-state index in [1.54, 1.807) is 6.07 Å². The van der Waals surface area contributed by atoms with Gasteiger partial charge in [0, 0.05) is 15.1 Å². The van der Waals surface area contributed by atoms with E-state index < -0.39 is 0 Å². The van der Waals surface area contributed by atoms with Crippen LogP contribution < -0.4 is 5.32 Å². The van der Waals surface area contributed by atoms with Crippen molar-refractivity contribution in [2.75, 3.05) is 6.54 Å². The van der Waals surface area contributed by atoms with Gasteiger partial charge in [0.25, 0.3) is 0 Å². The number of benzene rings is 2. The van der Waals surface area contributed by atoms with E-state index in [1.165, 1.54) is 0 Å². The van der Waals surface area contributed by atoms with Gasteiger partial charge in [-0.3, -0.25) is 0 Å². The molecule has 0 aromatic heterocycles. The summed E-state index contributed by atoms with van der Waals surface area (Å²) in [6.45, 7) is 3.03. The highest BCUT2D eigenvalue weighted by molar-refractivity contribution is 6.33. The summed E-state index contributed by atoms with van der Waals surface area (Å²) in [6.07, 6.45) is 1.04. The zero-order valence-electron chi connectivity index (χ0n) is 11.2. The van der Waals surface area contributed by atoms with Gasteiger partial charge in [-0.05, 0) is 54.4 Å². The van der Waals surface area contributed by atoms with Gasteiger partial charge in [-0.2, -0.15) is 0 Å². The van der Waals surface area contributed by atoms with Crippen molar-refractivity contribution in [1.82, 2.24) is 5.32 Å². The lowest BCUT2D eigenvalue weighted by Crippen LogP contribution is -2.23. The number of halogens is 3. The van der Waals surface area contributed by atoms with E-state index >= 15 is 0 Å². The number of hydrogen-bond donors (Lipinski definition) is 1. The van der Waals surface area contributed by atoms with E-state index in [0.717, 1.165) is 29.1 Å². The molecule has 1 nitrogen and oxygen atoms in total. The second kappa shape index (κ2) is 7.33. The molecule has 1 atom stereocenters. The standard InChI is InChI=1S/C16H16Cl3N/c1-2-9-20-16(11-3-5-12(17)6-4-11)14-10-13(18)7-8-15(14)19/h3-8,10,16,20H,2,9H2,1H3. The Morgan fingerprint density at radius 1 is 0.950 bits per heavy atom. The van der Waals surface area contributed by atoms with Crippen LogP contribution in [0, 0.1) is 0 Å². The summed E-state index contributed by atoms with van der Waals surface area (Å²) < 4.78 is 0. The summed E-state index contributed by atoms with van der Waals surface area (Å²) >= 11 is 18.4. The quantitative estimate of drug-likeness (QED) is 0.738. The molecule has 2 aromatic carbocycles. The lowest BCUT2D eigenvalue weighted by Gasteiger charge is -2.21. The predicted octanol–water partition coefficient (Wildman–Crippen LogP) is 5.74. The van der Waals surface area contributed by atoms with Crippen LogP contribution >= 0.6 is 34.8 Å². The fourth-order valence-corrected chi connectivity index (χ4v) is 2.62. The van der Waals surface area contributed by atoms with Crippen LogP contribution in [0.4, 0.5) is 0 Å². The molecule has 4 heteroatoms. The summed E-state index contributed by atoms with van der Waals surface area (Å²) in [4.78, 5) is 0. The van der Waals surface area contributed by atoms with Crippen LogP contribution in [0.3, 0.4) is 0 Å². The molecule has 0 radical (unpaired) electrons. The third-order valence-electron chi connectivity index (χ3n) is 3.07. The summed E-state index contributed by atoms with van der Waals surface area (Å²) in [6, 6.07) is 13.3. The molecule has 0 saturated heterocycles. The van der Waals surface area contributed by atoms with Crippen molar-refractivity contribution in [2.24, 2.45) is 0 Å². The first kappa shape index (κ1) is 15.7. The first-order valence-electron chi connectivity index (χ1n) is 6.55. The number of rotatable bonds is 5. The first-order chi connectivity index (χ1) is 9.61. The highest BCUT2D eigenvalue weighted by Gasteiger charge is 2.16. The molecule has 1 unspecified atom stereocenters. The average Bonchev–Trinajstić information content (AvgIpc) is 2.44. The van der Waals surface area contributed by atoms with Crippen molar-refractivity contribution in [2.45, 2.75) is 19.4 Å². The minimum absolute atomic E-state index is 0.0124. The molecule has 0 fully saturated rings. The van der Waals surface area contributed by atoms with Gasteiger partial charge in [0.2, 0.25) is 0 Å². The van der Waals surface area contributed by atoms with Crippen LogP contribution in [0.5, 0.6) is 0 Å². The molecule has 2 aromatic rings. The molecule has 20 heavy (non-hydrogen) atoms. The molecule has 0 saturated carbocycles. The fourth-order valence-electron chi connectivity index (χ4n) is 2.09. The smallest absolute Gasteiger partial charge is 0.0592 e. The number of nitrogens with one attached hydrogen (secondary N) is 1. The van der Waals surface area contributed by atoms with Gasteiger partial charge in [-0.15, -0.1) is 0 Å². The zero-order valence-corrected chi connectivity index (χ0v) is 13.4. The van der Waals surface area contributed by atoms with Crippen molar-refractivity contribution >= 4 is 34.8 Å². The first-order valence-corrected chi connectivity index (χ1v) is 7.69. The Kier molecular flexibility index (Phi) is 5.74. The predicted molar refractivity (Wildman–Crippen MR) is 88.1 cm³/mol. The highest BCUT2D eigenvalue weighted by atomic mass is 35.5. The minimum Gasteiger partial charge on any atom is -0.306 e. The normalized spacial score (nSPS) is 12.4. The van der Waals surface area contributed by atoms with Crippen molar-refractivity contribution < 1.29 is 0 Å². The summed E-state index contributed by atoms with van der Waals surface area (Å²) in [5.41, 5.74) is 2.10. The van der Waals surface area contributed by atoms with Gasteiger partial charge in [0.1, 0.15) is 0 Å². The van der Waals surface area contributed by atoms with Crippen molar-refractivity contribution in [3.8, 4) is 0 Å². The van der Waals surface area contributed by atoms with Crippen LogP contribution in [0.1, 0.15) is 30.5 Å². The maximum Gasteiger partial charge on any atom is 0.0592 e. The van der Waals surface area contributed by atoms with E-state index in [4.69, 9.17) is 34.8 Å². The Balaban J connectivity index is 2.41. The third-order valence-corrected chi connectivity index (χ3v) is 3.90. The summed E-state index contributed by atoms with van der Waals surface area (Å²) in [7, 11) is 0. The number of hydrogen-bond acceptors (Lipinski definition) is 1. The molecule has 2 rings (SSSR count). The van der Waals surface area contributed by atoms with Gasteiger partial charge >= 0.3 is 0 Å². The summed E-state index contributed by atoms with van der Waals surface area (Å²) in [5, 5.41) is 5.61. The Morgan fingerprint density at radius 2 is 1.60 bits per heavy atom. The maximum atomic E-state index is 6.33. The molecule has 0 aliphatic carbocycles. The molecule has 0 aliphatic rings. The van der Waals surface area contributed by atoms with Gasteiger partial charge in [-0.1, -0.05) is 53.9 Å². The second-order valence-electron chi connectivity index (χ2n) is 4.60. The zero-order chi connectivity index (χ0) is 14.5. The van der Waals surface area contributed by atoms with E-state index in [-0.39, 0.29) is 6.04 Å². The monoisotopic (exact) mass is 327 g/mol. The minimum atomic E-state index is 0.0124. The molecule has 106 valence electrons. The van der Waals surface area contributed by atoms with Gasteiger partial charge in [0.15, 0.2) is 0 Å². The Labute approximate surface area is 134 Å².